The van der Waals surface area contributed by atoms with Crippen molar-refractivity contribution in [1.82, 2.24) is 15.0 Å². The van der Waals surface area contributed by atoms with Crippen LogP contribution in [0.5, 0.6) is 5.75 Å². The lowest BCUT2D eigenvalue weighted by molar-refractivity contribution is -0.148. The first kappa shape index (κ1) is 26.2. The predicted molar refractivity (Wildman–Crippen MR) is 138 cm³/mol. The summed E-state index contributed by atoms with van der Waals surface area (Å²) in [6.07, 6.45) is 6.82. The van der Waals surface area contributed by atoms with Gasteiger partial charge in [0.15, 0.2) is 0 Å². The topological polar surface area (TPSA) is 86.5 Å². The summed E-state index contributed by atoms with van der Waals surface area (Å²) < 4.78 is 13.1. The molecule has 0 aliphatic heterocycles. The van der Waals surface area contributed by atoms with Crippen molar-refractivity contribution in [2.24, 2.45) is 5.41 Å². The molecule has 1 N–H and O–H groups in total. The number of carbonyl (C=O) groups is 1. The molecule has 0 bridgehead atoms. The molecule has 1 fully saturated rings. The van der Waals surface area contributed by atoms with Gasteiger partial charge in [-0.05, 0) is 86.8 Å². The molecule has 4 rings (SSSR count). The first-order valence-electron chi connectivity index (χ1n) is 12.4. The molecule has 1 aliphatic rings. The Morgan fingerprint density at radius 3 is 2.58 bits per heavy atom. The van der Waals surface area contributed by atoms with Gasteiger partial charge in [0, 0.05) is 11.2 Å². The lowest BCUT2D eigenvalue weighted by Crippen LogP contribution is -2.32. The molecule has 8 heteroatoms. The van der Waals surface area contributed by atoms with Crippen LogP contribution in [-0.4, -0.2) is 33.2 Å². The molecule has 1 atom stereocenters. The van der Waals surface area contributed by atoms with Gasteiger partial charge >= 0.3 is 5.97 Å². The molecule has 0 unspecified atom stereocenters. The van der Waals surface area contributed by atoms with Crippen LogP contribution in [0.2, 0.25) is 5.02 Å². The minimum absolute atomic E-state index is 0.235. The Bertz CT molecular complexity index is 1170. The number of nitrogens with zero attached hydrogens (tertiary/aromatic N) is 3. The second kappa shape index (κ2) is 11.4. The largest absolute Gasteiger partial charge is 0.497 e. The number of aryl methyl sites for hydroxylation is 1. The maximum atomic E-state index is 12.2. The summed E-state index contributed by atoms with van der Waals surface area (Å²) in [5.41, 5.74) is 2.72. The van der Waals surface area contributed by atoms with E-state index in [1.54, 1.807) is 21.0 Å². The van der Waals surface area contributed by atoms with Gasteiger partial charge in [-0.3, -0.25) is 4.79 Å². The van der Waals surface area contributed by atoms with Crippen molar-refractivity contribution in [3.63, 3.8) is 0 Å². The van der Waals surface area contributed by atoms with Gasteiger partial charge < -0.3 is 14.6 Å². The Balaban J connectivity index is 1.47. The van der Waals surface area contributed by atoms with E-state index in [9.17, 15) is 9.90 Å². The van der Waals surface area contributed by atoms with Crippen molar-refractivity contribution < 1.29 is 19.4 Å². The smallest absolute Gasteiger partial charge is 0.309 e. The molecule has 7 nitrogen and oxygen atoms in total. The maximum absolute atomic E-state index is 12.2. The van der Waals surface area contributed by atoms with Gasteiger partial charge in [-0.15, -0.1) is 5.10 Å². The second-order valence-electron chi connectivity index (χ2n) is 10.1. The number of carboxylic acid groups (broad SMARTS) is 1. The molecular formula is C28H34ClN3O4. The van der Waals surface area contributed by atoms with Crippen LogP contribution in [0.25, 0.3) is 0 Å². The second-order valence-corrected chi connectivity index (χ2v) is 10.5. The minimum atomic E-state index is -0.973. The minimum Gasteiger partial charge on any atom is -0.497 e. The van der Waals surface area contributed by atoms with Crippen LogP contribution in [0.15, 0.2) is 48.7 Å². The number of aliphatic carboxylic acids is 1. The molecule has 0 radical (unpaired) electrons. The summed E-state index contributed by atoms with van der Waals surface area (Å²) in [6.45, 7) is 4.32. The third kappa shape index (κ3) is 6.08. The lowest BCUT2D eigenvalue weighted by atomic mass is 9.72. The number of hydrogen-bond acceptors (Lipinski definition) is 5. The highest BCUT2D eigenvalue weighted by molar-refractivity contribution is 6.31. The SMILES string of the molecule is COc1ccc(COCc2cc([C@H](CCc3cn(C4CCC4)nn3)C(C)(C)C(=O)O)ccc2Cl)cc1. The van der Waals surface area contributed by atoms with Gasteiger partial charge in [0.05, 0.1) is 37.5 Å². The summed E-state index contributed by atoms with van der Waals surface area (Å²) in [5.74, 6) is -0.272. The summed E-state index contributed by atoms with van der Waals surface area (Å²) in [6, 6.07) is 13.9. The molecule has 1 aliphatic carbocycles. The van der Waals surface area contributed by atoms with Crippen LogP contribution in [0, 0.1) is 5.41 Å². The Kier molecular flexibility index (Phi) is 8.32. The van der Waals surface area contributed by atoms with Crippen LogP contribution in [-0.2, 0) is 29.2 Å². The van der Waals surface area contributed by atoms with Crippen molar-refractivity contribution in [2.75, 3.05) is 7.11 Å². The third-order valence-corrected chi connectivity index (χ3v) is 7.64. The quantitative estimate of drug-likeness (QED) is 0.311. The molecule has 192 valence electrons. The van der Waals surface area contributed by atoms with Crippen molar-refractivity contribution in [3.05, 3.63) is 76.1 Å². The zero-order chi connectivity index (χ0) is 25.7. The van der Waals surface area contributed by atoms with Crippen molar-refractivity contribution >= 4 is 17.6 Å². The monoisotopic (exact) mass is 511 g/mol. The molecule has 2 aromatic carbocycles. The van der Waals surface area contributed by atoms with E-state index in [2.05, 4.69) is 10.3 Å². The molecule has 0 amide bonds. The van der Waals surface area contributed by atoms with E-state index in [0.717, 1.165) is 41.0 Å². The molecule has 36 heavy (non-hydrogen) atoms. The van der Waals surface area contributed by atoms with Gasteiger partial charge in [0.25, 0.3) is 0 Å². The standard InChI is InChI=1S/C28H34ClN3O4/c1-28(2,27(33)34)25(13-10-22-16-32(31-30-22)23-5-4-6-23)20-9-14-26(29)21(15-20)18-36-17-19-7-11-24(35-3)12-8-19/h7-9,11-12,14-16,23,25H,4-6,10,13,17-18H2,1-3H3,(H,33,34)/t25-/m0/s1. The van der Waals surface area contributed by atoms with E-state index in [1.807, 2.05) is 53.3 Å². The first-order valence-corrected chi connectivity index (χ1v) is 12.8. The van der Waals surface area contributed by atoms with Gasteiger partial charge in [0.1, 0.15) is 5.75 Å². The maximum Gasteiger partial charge on any atom is 0.309 e. The van der Waals surface area contributed by atoms with Gasteiger partial charge in [0.2, 0.25) is 0 Å². The van der Waals surface area contributed by atoms with Crippen LogP contribution in [0.1, 0.15) is 73.9 Å². The fraction of sp³-hybridized carbons (Fsp3) is 0.464. The summed E-state index contributed by atoms with van der Waals surface area (Å²) in [4.78, 5) is 12.2. The fourth-order valence-electron chi connectivity index (χ4n) is 4.57. The average molecular weight is 512 g/mol. The third-order valence-electron chi connectivity index (χ3n) is 7.28. The summed E-state index contributed by atoms with van der Waals surface area (Å²) in [5, 5.41) is 19.3. The van der Waals surface area contributed by atoms with E-state index in [4.69, 9.17) is 21.1 Å². The highest BCUT2D eigenvalue weighted by Gasteiger charge is 2.38. The Morgan fingerprint density at radius 1 is 1.19 bits per heavy atom. The number of hydrogen-bond donors (Lipinski definition) is 1. The molecule has 1 heterocycles. The molecule has 3 aromatic rings. The first-order chi connectivity index (χ1) is 17.3. The molecule has 0 saturated heterocycles. The Morgan fingerprint density at radius 2 is 1.94 bits per heavy atom. The number of carboxylic acids is 1. The fourth-order valence-corrected chi connectivity index (χ4v) is 4.74. The van der Waals surface area contributed by atoms with Gasteiger partial charge in [-0.2, -0.15) is 0 Å². The summed E-state index contributed by atoms with van der Waals surface area (Å²) in [7, 11) is 1.64. The van der Waals surface area contributed by atoms with Crippen LogP contribution in [0.3, 0.4) is 0 Å². The van der Waals surface area contributed by atoms with E-state index < -0.39 is 11.4 Å². The number of aromatic nitrogens is 3. The highest BCUT2D eigenvalue weighted by atomic mass is 35.5. The van der Waals surface area contributed by atoms with Crippen LogP contribution < -0.4 is 4.74 Å². The van der Waals surface area contributed by atoms with Crippen molar-refractivity contribution in [2.45, 2.75) is 71.1 Å². The Hall–Kier alpha value is -2.90. The van der Waals surface area contributed by atoms with E-state index >= 15 is 0 Å². The zero-order valence-electron chi connectivity index (χ0n) is 21.1. The lowest BCUT2D eigenvalue weighted by Gasteiger charge is -2.31. The molecular weight excluding hydrogens is 478 g/mol. The van der Waals surface area contributed by atoms with Gasteiger partial charge in [-0.25, -0.2) is 4.68 Å². The van der Waals surface area contributed by atoms with E-state index in [-0.39, 0.29) is 5.92 Å². The number of benzene rings is 2. The predicted octanol–water partition coefficient (Wildman–Crippen LogP) is 6.21. The van der Waals surface area contributed by atoms with E-state index in [0.29, 0.717) is 37.1 Å². The number of halogens is 1. The number of methoxy groups -OCH3 is 1. The zero-order valence-corrected chi connectivity index (χ0v) is 21.9. The molecule has 1 aromatic heterocycles. The van der Waals surface area contributed by atoms with Gasteiger partial charge in [-0.1, -0.05) is 41.1 Å². The summed E-state index contributed by atoms with van der Waals surface area (Å²) >= 11 is 6.49. The normalized spacial score (nSPS) is 14.9. The van der Waals surface area contributed by atoms with Crippen LogP contribution in [0.4, 0.5) is 0 Å². The van der Waals surface area contributed by atoms with Crippen LogP contribution >= 0.6 is 11.6 Å². The molecule has 1 saturated carbocycles. The molecule has 0 spiro atoms. The Labute approximate surface area is 217 Å². The number of ether oxygens (including phenoxy) is 2. The highest BCUT2D eigenvalue weighted by Crippen LogP contribution is 2.40. The average Bonchev–Trinajstić information content (AvgIpc) is 3.28. The van der Waals surface area contributed by atoms with Crippen molar-refractivity contribution in [3.8, 4) is 5.75 Å². The van der Waals surface area contributed by atoms with E-state index in [1.165, 1.54) is 6.42 Å². The van der Waals surface area contributed by atoms with Crippen molar-refractivity contribution in [1.29, 1.82) is 0 Å². The number of rotatable bonds is 12.